The molecule has 0 bridgehead atoms. The zero-order valence-electron chi connectivity index (χ0n) is 11.5. The van der Waals surface area contributed by atoms with Crippen LogP contribution in [0.1, 0.15) is 26.3 Å². The summed E-state index contributed by atoms with van der Waals surface area (Å²) in [6, 6.07) is 2.95. The molecule has 5 nitrogen and oxygen atoms in total. The molecule has 0 saturated heterocycles. The molecule has 0 fully saturated rings. The zero-order chi connectivity index (χ0) is 14.8. The quantitative estimate of drug-likeness (QED) is 0.890. The van der Waals surface area contributed by atoms with E-state index in [4.69, 9.17) is 22.1 Å². The molecule has 19 heavy (non-hydrogen) atoms. The number of benzene rings is 1. The lowest BCUT2D eigenvalue weighted by molar-refractivity contribution is 0.396. The SMILES string of the molecule is COc1c(CN)cc(Cl)cc1S(=O)(=O)NC(C)(C)C. The summed E-state index contributed by atoms with van der Waals surface area (Å²) in [5.41, 5.74) is 5.52. The van der Waals surface area contributed by atoms with Crippen LogP contribution in [0.4, 0.5) is 0 Å². The fourth-order valence-electron chi connectivity index (χ4n) is 1.66. The van der Waals surface area contributed by atoms with E-state index in [0.717, 1.165) is 0 Å². The smallest absolute Gasteiger partial charge is 0.244 e. The topological polar surface area (TPSA) is 81.4 Å². The Kier molecular flexibility index (Phi) is 4.84. The normalized spacial score (nSPS) is 12.5. The largest absolute Gasteiger partial charge is 0.495 e. The van der Waals surface area contributed by atoms with Crippen molar-refractivity contribution in [1.29, 1.82) is 0 Å². The lowest BCUT2D eigenvalue weighted by Gasteiger charge is -2.22. The number of hydrogen-bond donors (Lipinski definition) is 2. The van der Waals surface area contributed by atoms with Crippen LogP contribution in [-0.2, 0) is 16.6 Å². The molecular formula is C12H19ClN2O3S. The molecule has 0 aliphatic rings. The van der Waals surface area contributed by atoms with E-state index in [1.54, 1.807) is 26.8 Å². The van der Waals surface area contributed by atoms with Gasteiger partial charge in [-0.05, 0) is 32.9 Å². The molecule has 0 aliphatic carbocycles. The number of halogens is 1. The van der Waals surface area contributed by atoms with Crippen molar-refractivity contribution in [3.8, 4) is 5.75 Å². The number of ether oxygens (including phenoxy) is 1. The van der Waals surface area contributed by atoms with Crippen LogP contribution in [-0.4, -0.2) is 21.1 Å². The number of rotatable bonds is 4. The minimum Gasteiger partial charge on any atom is -0.495 e. The molecule has 0 heterocycles. The summed E-state index contributed by atoms with van der Waals surface area (Å²) in [7, 11) is -2.33. The Bertz CT molecular complexity index is 565. The van der Waals surface area contributed by atoms with Crippen LogP contribution < -0.4 is 15.2 Å². The van der Waals surface area contributed by atoms with Crippen LogP contribution >= 0.6 is 11.6 Å². The van der Waals surface area contributed by atoms with Gasteiger partial charge in [-0.15, -0.1) is 0 Å². The Morgan fingerprint density at radius 1 is 1.37 bits per heavy atom. The molecule has 0 amide bonds. The highest BCUT2D eigenvalue weighted by Gasteiger charge is 2.27. The van der Waals surface area contributed by atoms with Gasteiger partial charge in [-0.2, -0.15) is 0 Å². The Labute approximate surface area is 119 Å². The maximum Gasteiger partial charge on any atom is 0.244 e. The summed E-state index contributed by atoms with van der Waals surface area (Å²) in [6.07, 6.45) is 0. The van der Waals surface area contributed by atoms with E-state index < -0.39 is 15.6 Å². The molecule has 0 radical (unpaired) electrons. The highest BCUT2D eigenvalue weighted by atomic mass is 35.5. The minimum absolute atomic E-state index is 0.00197. The average Bonchev–Trinajstić information content (AvgIpc) is 2.24. The molecule has 1 aromatic carbocycles. The van der Waals surface area contributed by atoms with E-state index in [9.17, 15) is 8.42 Å². The Balaban J connectivity index is 3.45. The van der Waals surface area contributed by atoms with Crippen LogP contribution in [0, 0.1) is 0 Å². The highest BCUT2D eigenvalue weighted by Crippen LogP contribution is 2.32. The van der Waals surface area contributed by atoms with Crippen molar-refractivity contribution < 1.29 is 13.2 Å². The van der Waals surface area contributed by atoms with Crippen LogP contribution in [0.3, 0.4) is 0 Å². The van der Waals surface area contributed by atoms with Crippen LogP contribution in [0.2, 0.25) is 5.02 Å². The second-order valence-electron chi connectivity index (χ2n) is 5.16. The molecule has 0 aromatic heterocycles. The first-order chi connectivity index (χ1) is 8.60. The molecule has 0 saturated carbocycles. The third-order valence-electron chi connectivity index (χ3n) is 2.25. The zero-order valence-corrected chi connectivity index (χ0v) is 13.0. The van der Waals surface area contributed by atoms with E-state index in [-0.39, 0.29) is 17.2 Å². The Morgan fingerprint density at radius 2 is 1.95 bits per heavy atom. The lowest BCUT2D eigenvalue weighted by atomic mass is 10.1. The Morgan fingerprint density at radius 3 is 2.37 bits per heavy atom. The van der Waals surface area contributed by atoms with Gasteiger partial charge in [0.2, 0.25) is 10.0 Å². The monoisotopic (exact) mass is 306 g/mol. The summed E-state index contributed by atoms with van der Waals surface area (Å²) >= 11 is 5.93. The molecule has 0 unspecified atom stereocenters. The standard InChI is InChI=1S/C12H19ClN2O3S/c1-12(2,3)15-19(16,17)10-6-9(13)5-8(7-14)11(10)18-4/h5-6,15H,7,14H2,1-4H3. The van der Waals surface area contributed by atoms with E-state index in [1.165, 1.54) is 13.2 Å². The molecule has 0 atom stereocenters. The molecular weight excluding hydrogens is 288 g/mol. The first-order valence-electron chi connectivity index (χ1n) is 5.71. The van der Waals surface area contributed by atoms with Gasteiger partial charge >= 0.3 is 0 Å². The molecule has 1 rings (SSSR count). The van der Waals surface area contributed by atoms with Gasteiger partial charge in [0, 0.05) is 22.7 Å². The highest BCUT2D eigenvalue weighted by molar-refractivity contribution is 7.89. The van der Waals surface area contributed by atoms with Crippen molar-refractivity contribution >= 4 is 21.6 Å². The van der Waals surface area contributed by atoms with Crippen molar-refractivity contribution in [2.45, 2.75) is 37.8 Å². The summed E-state index contributed by atoms with van der Waals surface area (Å²) in [5.74, 6) is 0.226. The average molecular weight is 307 g/mol. The molecule has 1 aromatic rings. The van der Waals surface area contributed by atoms with E-state index in [2.05, 4.69) is 4.72 Å². The molecule has 7 heteroatoms. The predicted octanol–water partition coefficient (Wildman–Crippen LogP) is 1.88. The summed E-state index contributed by atoms with van der Waals surface area (Å²) < 4.78 is 32.4. The lowest BCUT2D eigenvalue weighted by Crippen LogP contribution is -2.40. The number of sulfonamides is 1. The Hall–Kier alpha value is -0.820. The summed E-state index contributed by atoms with van der Waals surface area (Å²) in [4.78, 5) is -0.00197. The van der Waals surface area contributed by atoms with Crippen molar-refractivity contribution in [1.82, 2.24) is 4.72 Å². The number of nitrogens with one attached hydrogen (secondary N) is 1. The van der Waals surface area contributed by atoms with Crippen LogP contribution in [0.5, 0.6) is 5.75 Å². The third kappa shape index (κ3) is 4.07. The van der Waals surface area contributed by atoms with Crippen molar-refractivity contribution in [3.05, 3.63) is 22.7 Å². The summed E-state index contributed by atoms with van der Waals surface area (Å²) in [6.45, 7) is 5.41. The number of nitrogens with two attached hydrogens (primary N) is 1. The molecule has 0 spiro atoms. The fourth-order valence-corrected chi connectivity index (χ4v) is 3.63. The molecule has 108 valence electrons. The van der Waals surface area contributed by atoms with Gasteiger partial charge in [-0.25, -0.2) is 13.1 Å². The van der Waals surface area contributed by atoms with Crippen LogP contribution in [0.25, 0.3) is 0 Å². The fraction of sp³-hybridized carbons (Fsp3) is 0.500. The van der Waals surface area contributed by atoms with Gasteiger partial charge in [0.25, 0.3) is 0 Å². The maximum atomic E-state index is 12.4. The van der Waals surface area contributed by atoms with Gasteiger partial charge in [0.15, 0.2) is 0 Å². The van der Waals surface area contributed by atoms with Gasteiger partial charge in [-0.3, -0.25) is 0 Å². The van der Waals surface area contributed by atoms with Crippen molar-refractivity contribution in [2.24, 2.45) is 5.73 Å². The first-order valence-corrected chi connectivity index (χ1v) is 7.57. The number of hydrogen-bond acceptors (Lipinski definition) is 4. The minimum atomic E-state index is -3.73. The van der Waals surface area contributed by atoms with Gasteiger partial charge in [0.1, 0.15) is 10.6 Å². The van der Waals surface area contributed by atoms with E-state index in [0.29, 0.717) is 10.6 Å². The molecule has 0 aliphatic heterocycles. The number of methoxy groups -OCH3 is 1. The predicted molar refractivity (Wildman–Crippen MR) is 76.0 cm³/mol. The van der Waals surface area contributed by atoms with E-state index >= 15 is 0 Å². The second-order valence-corrected chi connectivity index (χ2v) is 7.24. The molecule has 3 N–H and O–H groups in total. The van der Waals surface area contributed by atoms with E-state index in [1.807, 2.05) is 0 Å². The van der Waals surface area contributed by atoms with Gasteiger partial charge < -0.3 is 10.5 Å². The van der Waals surface area contributed by atoms with Gasteiger partial charge in [-0.1, -0.05) is 11.6 Å². The third-order valence-corrected chi connectivity index (χ3v) is 4.23. The van der Waals surface area contributed by atoms with Crippen molar-refractivity contribution in [2.75, 3.05) is 7.11 Å². The van der Waals surface area contributed by atoms with Gasteiger partial charge in [0.05, 0.1) is 7.11 Å². The maximum absolute atomic E-state index is 12.4. The van der Waals surface area contributed by atoms with Crippen LogP contribution in [0.15, 0.2) is 17.0 Å². The first kappa shape index (κ1) is 16.2. The second kappa shape index (κ2) is 5.66. The summed E-state index contributed by atoms with van der Waals surface area (Å²) in [5, 5.41) is 0.301. The van der Waals surface area contributed by atoms with Crippen molar-refractivity contribution in [3.63, 3.8) is 0 Å².